The fraction of sp³-hybridized carbons (Fsp3) is 0. The highest BCUT2D eigenvalue weighted by atomic mass is 16.3. The highest BCUT2D eigenvalue weighted by Crippen LogP contribution is 2.48. The molecule has 0 amide bonds. The van der Waals surface area contributed by atoms with Gasteiger partial charge in [0.15, 0.2) is 11.8 Å². The van der Waals surface area contributed by atoms with Crippen molar-refractivity contribution in [2.75, 3.05) is 0 Å². The van der Waals surface area contributed by atoms with Gasteiger partial charge in [-0.1, -0.05) is 36.4 Å². The van der Waals surface area contributed by atoms with Crippen LogP contribution in [0.5, 0.6) is 11.8 Å². The van der Waals surface area contributed by atoms with Gasteiger partial charge in [-0.2, -0.15) is 0 Å². The molecule has 5 rings (SSSR count). The second kappa shape index (κ2) is 4.95. The third kappa shape index (κ3) is 1.89. The summed E-state index contributed by atoms with van der Waals surface area (Å²) in [6.45, 7) is 0. The van der Waals surface area contributed by atoms with Crippen molar-refractivity contribution in [3.63, 3.8) is 0 Å². The van der Waals surface area contributed by atoms with Gasteiger partial charge in [-0.15, -0.1) is 0 Å². The molecule has 0 fully saturated rings. The number of aromatic amines is 3. The number of H-pyrrole nitrogens is 3. The average molecular weight is 329 g/mol. The zero-order valence-electron chi connectivity index (χ0n) is 13.2. The van der Waals surface area contributed by atoms with Crippen LogP contribution in [-0.4, -0.2) is 25.2 Å². The minimum absolute atomic E-state index is 0.0532. The van der Waals surface area contributed by atoms with Crippen molar-refractivity contribution < 1.29 is 10.2 Å². The number of rotatable bonds is 2. The number of aromatic nitrogens is 3. The Hall–Kier alpha value is -3.60. The first-order valence-electron chi connectivity index (χ1n) is 8.01. The Morgan fingerprint density at radius 3 is 1.52 bits per heavy atom. The molecule has 0 aliphatic carbocycles. The lowest BCUT2D eigenvalue weighted by Gasteiger charge is -2.04. The number of para-hydroxylation sites is 2. The Morgan fingerprint density at radius 1 is 0.600 bits per heavy atom. The smallest absolute Gasteiger partial charge is 0.200 e. The average Bonchev–Trinajstić information content (AvgIpc) is 3.30. The fourth-order valence-corrected chi connectivity index (χ4v) is 3.56. The SMILES string of the molecule is Oc1[nH]c(O)c(-c2c[nH]c3ccccc23)c1-c1c[nH]c2ccccc12. The summed E-state index contributed by atoms with van der Waals surface area (Å²) in [5.41, 5.74) is 4.79. The maximum atomic E-state index is 10.5. The van der Waals surface area contributed by atoms with Crippen molar-refractivity contribution in [2.24, 2.45) is 0 Å². The van der Waals surface area contributed by atoms with Gasteiger partial charge in [0.1, 0.15) is 0 Å². The molecule has 5 nitrogen and oxygen atoms in total. The summed E-state index contributed by atoms with van der Waals surface area (Å²) in [6.07, 6.45) is 3.71. The lowest BCUT2D eigenvalue weighted by molar-refractivity contribution is 0.426. The van der Waals surface area contributed by atoms with Crippen molar-refractivity contribution in [1.29, 1.82) is 0 Å². The Balaban J connectivity index is 1.85. The Labute approximate surface area is 142 Å². The summed E-state index contributed by atoms with van der Waals surface area (Å²) in [6, 6.07) is 15.8. The third-order valence-electron chi connectivity index (χ3n) is 4.68. The maximum absolute atomic E-state index is 10.5. The fourth-order valence-electron chi connectivity index (χ4n) is 3.56. The van der Waals surface area contributed by atoms with E-state index in [2.05, 4.69) is 15.0 Å². The zero-order valence-corrected chi connectivity index (χ0v) is 13.2. The van der Waals surface area contributed by atoms with Gasteiger partial charge >= 0.3 is 0 Å². The van der Waals surface area contributed by atoms with E-state index in [-0.39, 0.29) is 11.8 Å². The van der Waals surface area contributed by atoms with Crippen LogP contribution in [0, 0.1) is 0 Å². The molecule has 2 aromatic carbocycles. The molecule has 5 aromatic rings. The van der Waals surface area contributed by atoms with Crippen LogP contribution >= 0.6 is 0 Å². The van der Waals surface area contributed by atoms with Gasteiger partial charge in [-0.05, 0) is 12.1 Å². The Kier molecular flexibility index (Phi) is 2.73. The molecule has 0 saturated carbocycles. The number of fused-ring (bicyclic) bond motifs is 2. The van der Waals surface area contributed by atoms with Gasteiger partial charge in [-0.25, -0.2) is 0 Å². The summed E-state index contributed by atoms with van der Waals surface area (Å²) in [4.78, 5) is 9.10. The minimum atomic E-state index is -0.0532. The van der Waals surface area contributed by atoms with E-state index in [9.17, 15) is 10.2 Å². The summed E-state index contributed by atoms with van der Waals surface area (Å²) >= 11 is 0. The summed E-state index contributed by atoms with van der Waals surface area (Å²) < 4.78 is 0. The number of benzene rings is 2. The highest BCUT2D eigenvalue weighted by molar-refractivity contribution is 6.07. The van der Waals surface area contributed by atoms with E-state index in [1.54, 1.807) is 0 Å². The van der Waals surface area contributed by atoms with E-state index >= 15 is 0 Å². The normalized spacial score (nSPS) is 11.5. The van der Waals surface area contributed by atoms with Crippen LogP contribution in [0.25, 0.3) is 44.1 Å². The van der Waals surface area contributed by atoms with Gasteiger partial charge in [0, 0.05) is 45.3 Å². The molecule has 5 N–H and O–H groups in total. The van der Waals surface area contributed by atoms with Crippen LogP contribution in [0.2, 0.25) is 0 Å². The molecule has 0 spiro atoms. The largest absolute Gasteiger partial charge is 0.494 e. The van der Waals surface area contributed by atoms with E-state index in [0.717, 1.165) is 32.9 Å². The van der Waals surface area contributed by atoms with Gasteiger partial charge in [0.2, 0.25) is 0 Å². The highest BCUT2D eigenvalue weighted by Gasteiger charge is 2.24. The number of nitrogens with one attached hydrogen (secondary N) is 3. The van der Waals surface area contributed by atoms with Crippen molar-refractivity contribution in [1.82, 2.24) is 15.0 Å². The predicted octanol–water partition coefficient (Wildman–Crippen LogP) is 4.72. The maximum Gasteiger partial charge on any atom is 0.200 e. The molecule has 0 aliphatic heterocycles. The van der Waals surface area contributed by atoms with Crippen molar-refractivity contribution in [3.8, 4) is 34.0 Å². The third-order valence-corrected chi connectivity index (χ3v) is 4.68. The van der Waals surface area contributed by atoms with Crippen LogP contribution in [0.15, 0.2) is 60.9 Å². The molecule has 25 heavy (non-hydrogen) atoms. The van der Waals surface area contributed by atoms with Crippen molar-refractivity contribution in [3.05, 3.63) is 60.9 Å². The molecule has 0 unspecified atom stereocenters. The van der Waals surface area contributed by atoms with Crippen molar-refractivity contribution >= 4 is 21.8 Å². The van der Waals surface area contributed by atoms with Gasteiger partial charge in [0.25, 0.3) is 0 Å². The number of hydrogen-bond acceptors (Lipinski definition) is 2. The molecule has 0 radical (unpaired) electrons. The van der Waals surface area contributed by atoms with E-state index in [0.29, 0.717) is 11.1 Å². The van der Waals surface area contributed by atoms with Crippen LogP contribution in [-0.2, 0) is 0 Å². The van der Waals surface area contributed by atoms with Gasteiger partial charge in [0.05, 0.1) is 11.1 Å². The van der Waals surface area contributed by atoms with Crippen LogP contribution in [0.3, 0.4) is 0 Å². The molecule has 5 heteroatoms. The molecule has 3 aromatic heterocycles. The summed E-state index contributed by atoms with van der Waals surface area (Å²) in [5.74, 6) is -0.106. The van der Waals surface area contributed by atoms with Crippen LogP contribution < -0.4 is 0 Å². The predicted molar refractivity (Wildman–Crippen MR) is 98.7 cm³/mol. The second-order valence-electron chi connectivity index (χ2n) is 6.07. The standard InChI is InChI=1S/C20H15N3O2/c24-19-17(13-9-21-15-7-3-1-5-11(13)15)18(20(25)23-19)14-10-22-16-8-4-2-6-12(14)16/h1-10,21-25H. The summed E-state index contributed by atoms with van der Waals surface area (Å²) in [7, 11) is 0. The number of hydrogen-bond donors (Lipinski definition) is 5. The van der Waals surface area contributed by atoms with Crippen LogP contribution in [0.4, 0.5) is 0 Å². The molecular weight excluding hydrogens is 314 g/mol. The number of aromatic hydroxyl groups is 2. The van der Waals surface area contributed by atoms with Crippen molar-refractivity contribution in [2.45, 2.75) is 0 Å². The lowest BCUT2D eigenvalue weighted by atomic mass is 9.97. The van der Waals surface area contributed by atoms with E-state index in [1.165, 1.54) is 0 Å². The summed E-state index contributed by atoms with van der Waals surface area (Å²) in [5, 5.41) is 22.9. The quantitative estimate of drug-likeness (QED) is 0.324. The topological polar surface area (TPSA) is 87.8 Å². The zero-order chi connectivity index (χ0) is 17.0. The first-order valence-corrected chi connectivity index (χ1v) is 8.01. The Bertz CT molecular complexity index is 1130. The van der Waals surface area contributed by atoms with E-state index in [1.807, 2.05) is 60.9 Å². The van der Waals surface area contributed by atoms with Crippen LogP contribution in [0.1, 0.15) is 0 Å². The molecular formula is C20H15N3O2. The van der Waals surface area contributed by atoms with Gasteiger partial charge < -0.3 is 20.2 Å². The molecule has 0 bridgehead atoms. The first-order chi connectivity index (χ1) is 12.2. The second-order valence-corrected chi connectivity index (χ2v) is 6.07. The lowest BCUT2D eigenvalue weighted by Crippen LogP contribution is -1.80. The molecule has 0 saturated heterocycles. The van der Waals surface area contributed by atoms with E-state index < -0.39 is 0 Å². The Morgan fingerprint density at radius 2 is 1.04 bits per heavy atom. The monoisotopic (exact) mass is 329 g/mol. The molecule has 122 valence electrons. The molecule has 3 heterocycles. The minimum Gasteiger partial charge on any atom is -0.494 e. The van der Waals surface area contributed by atoms with E-state index in [4.69, 9.17) is 0 Å². The molecule has 0 aliphatic rings. The first kappa shape index (κ1) is 13.8. The molecule has 0 atom stereocenters. The van der Waals surface area contributed by atoms with Gasteiger partial charge in [-0.3, -0.25) is 4.98 Å².